The van der Waals surface area contributed by atoms with Crippen LogP contribution in [0.3, 0.4) is 0 Å². The lowest BCUT2D eigenvalue weighted by molar-refractivity contribution is 0.214. The van der Waals surface area contributed by atoms with Crippen molar-refractivity contribution in [1.82, 2.24) is 5.32 Å². The summed E-state index contributed by atoms with van der Waals surface area (Å²) in [6, 6.07) is 5.41. The molecule has 0 bridgehead atoms. The molecule has 0 amide bonds. The Kier molecular flexibility index (Phi) is 3.48. The zero-order valence-electron chi connectivity index (χ0n) is 11.7. The second kappa shape index (κ2) is 5.12. The van der Waals surface area contributed by atoms with Crippen LogP contribution in [0.25, 0.3) is 0 Å². The van der Waals surface area contributed by atoms with E-state index >= 15 is 0 Å². The molecular weight excluding hydrogens is 241 g/mol. The van der Waals surface area contributed by atoms with Gasteiger partial charge in [-0.3, -0.25) is 0 Å². The van der Waals surface area contributed by atoms with Gasteiger partial charge in [-0.15, -0.1) is 0 Å². The van der Waals surface area contributed by atoms with Crippen molar-refractivity contribution in [2.45, 2.75) is 45.3 Å². The summed E-state index contributed by atoms with van der Waals surface area (Å²) in [6.45, 7) is 5.52. The molecule has 1 aromatic rings. The summed E-state index contributed by atoms with van der Waals surface area (Å²) in [7, 11) is 0. The van der Waals surface area contributed by atoms with E-state index in [0.29, 0.717) is 6.04 Å². The predicted molar refractivity (Wildman–Crippen MR) is 73.9 cm³/mol. The van der Waals surface area contributed by atoms with Crippen LogP contribution >= 0.6 is 0 Å². The van der Waals surface area contributed by atoms with Crippen molar-refractivity contribution in [1.29, 1.82) is 0 Å². The quantitative estimate of drug-likeness (QED) is 0.904. The molecule has 1 N–H and O–H groups in total. The maximum absolute atomic E-state index is 13.1. The Morgan fingerprint density at radius 1 is 1.32 bits per heavy atom. The molecule has 0 radical (unpaired) electrons. The molecule has 0 aromatic heterocycles. The first-order valence-corrected chi connectivity index (χ1v) is 7.32. The zero-order valence-corrected chi connectivity index (χ0v) is 11.7. The molecule has 1 heterocycles. The molecule has 4 unspecified atom stereocenters. The Bertz CT molecular complexity index is 462. The topological polar surface area (TPSA) is 21.3 Å². The fourth-order valence-corrected chi connectivity index (χ4v) is 3.34. The summed E-state index contributed by atoms with van der Waals surface area (Å²) >= 11 is 0. The normalized spacial score (nSPS) is 33.2. The number of hydrogen-bond acceptors (Lipinski definition) is 2. The minimum atomic E-state index is -0.172. The number of rotatable bonds is 3. The highest BCUT2D eigenvalue weighted by Crippen LogP contribution is 2.32. The Morgan fingerprint density at radius 2 is 2.16 bits per heavy atom. The molecule has 0 saturated heterocycles. The van der Waals surface area contributed by atoms with E-state index in [1.165, 1.54) is 18.9 Å². The van der Waals surface area contributed by atoms with Crippen LogP contribution in [0.4, 0.5) is 4.39 Å². The molecule has 1 aromatic carbocycles. The van der Waals surface area contributed by atoms with Gasteiger partial charge in [0.25, 0.3) is 0 Å². The summed E-state index contributed by atoms with van der Waals surface area (Å²) in [6.07, 6.45) is 3.54. The van der Waals surface area contributed by atoms with E-state index in [9.17, 15) is 4.39 Å². The standard InChI is InChI=1S/C16H22FNO/c1-10-3-5-15(11(10)2)18-9-14-8-12-7-13(17)4-6-16(12)19-14/h4,6-7,10-11,14-15,18H,3,5,8-9H2,1-2H3. The molecule has 0 spiro atoms. The number of nitrogens with one attached hydrogen (secondary N) is 1. The number of ether oxygens (including phenoxy) is 1. The lowest BCUT2D eigenvalue weighted by Gasteiger charge is -2.21. The molecule has 1 fully saturated rings. The highest BCUT2D eigenvalue weighted by Gasteiger charge is 2.31. The van der Waals surface area contributed by atoms with Gasteiger partial charge in [-0.05, 0) is 42.9 Å². The first-order chi connectivity index (χ1) is 9.13. The summed E-state index contributed by atoms with van der Waals surface area (Å²) < 4.78 is 19.0. The third-order valence-electron chi connectivity index (χ3n) is 4.84. The molecule has 1 aliphatic heterocycles. The highest BCUT2D eigenvalue weighted by molar-refractivity contribution is 5.37. The SMILES string of the molecule is CC1CCC(NCC2Cc3cc(F)ccc3O2)C1C. The highest BCUT2D eigenvalue weighted by atomic mass is 19.1. The molecule has 104 valence electrons. The number of benzene rings is 1. The Morgan fingerprint density at radius 3 is 2.89 bits per heavy atom. The van der Waals surface area contributed by atoms with Gasteiger partial charge in [0.1, 0.15) is 17.7 Å². The van der Waals surface area contributed by atoms with Gasteiger partial charge in [0, 0.05) is 24.6 Å². The summed E-state index contributed by atoms with van der Waals surface area (Å²) in [5.74, 6) is 2.23. The second-order valence-corrected chi connectivity index (χ2v) is 6.12. The number of hydrogen-bond donors (Lipinski definition) is 1. The van der Waals surface area contributed by atoms with E-state index in [1.54, 1.807) is 12.1 Å². The van der Waals surface area contributed by atoms with E-state index < -0.39 is 0 Å². The summed E-state index contributed by atoms with van der Waals surface area (Å²) in [5.41, 5.74) is 1.000. The molecule has 1 saturated carbocycles. The van der Waals surface area contributed by atoms with Crippen molar-refractivity contribution in [2.24, 2.45) is 11.8 Å². The van der Waals surface area contributed by atoms with Crippen molar-refractivity contribution in [2.75, 3.05) is 6.54 Å². The summed E-state index contributed by atoms with van der Waals surface area (Å²) in [5, 5.41) is 3.63. The average molecular weight is 263 g/mol. The summed E-state index contributed by atoms with van der Waals surface area (Å²) in [4.78, 5) is 0. The Labute approximate surface area is 114 Å². The van der Waals surface area contributed by atoms with Gasteiger partial charge in [-0.2, -0.15) is 0 Å². The maximum atomic E-state index is 13.1. The van der Waals surface area contributed by atoms with Crippen molar-refractivity contribution in [3.05, 3.63) is 29.6 Å². The van der Waals surface area contributed by atoms with Gasteiger partial charge in [-0.25, -0.2) is 4.39 Å². The van der Waals surface area contributed by atoms with E-state index in [2.05, 4.69) is 19.2 Å². The van der Waals surface area contributed by atoms with Crippen LogP contribution in [0.1, 0.15) is 32.3 Å². The molecule has 3 heteroatoms. The molecule has 2 nitrogen and oxygen atoms in total. The predicted octanol–water partition coefficient (Wildman–Crippen LogP) is 3.15. The van der Waals surface area contributed by atoms with Gasteiger partial charge in [-0.1, -0.05) is 13.8 Å². The van der Waals surface area contributed by atoms with Crippen LogP contribution in [0, 0.1) is 17.7 Å². The van der Waals surface area contributed by atoms with Gasteiger partial charge in [0.2, 0.25) is 0 Å². The number of fused-ring (bicyclic) bond motifs is 1. The average Bonchev–Trinajstić information content (AvgIpc) is 2.92. The van der Waals surface area contributed by atoms with Gasteiger partial charge < -0.3 is 10.1 Å². The lowest BCUT2D eigenvalue weighted by Crippen LogP contribution is -2.39. The first-order valence-electron chi connectivity index (χ1n) is 7.32. The van der Waals surface area contributed by atoms with Crippen molar-refractivity contribution < 1.29 is 9.13 Å². The van der Waals surface area contributed by atoms with Crippen molar-refractivity contribution in [3.63, 3.8) is 0 Å². The van der Waals surface area contributed by atoms with Gasteiger partial charge in [0.05, 0.1) is 0 Å². The Hall–Kier alpha value is -1.09. The molecule has 4 atom stereocenters. The van der Waals surface area contributed by atoms with Crippen LogP contribution in [0.15, 0.2) is 18.2 Å². The fraction of sp³-hybridized carbons (Fsp3) is 0.625. The van der Waals surface area contributed by atoms with Gasteiger partial charge in [0.15, 0.2) is 0 Å². The van der Waals surface area contributed by atoms with Crippen molar-refractivity contribution in [3.8, 4) is 5.75 Å². The Balaban J connectivity index is 1.54. The molecular formula is C16H22FNO. The third-order valence-corrected chi connectivity index (χ3v) is 4.84. The molecule has 1 aliphatic carbocycles. The van der Waals surface area contributed by atoms with Crippen LogP contribution in [-0.2, 0) is 6.42 Å². The lowest BCUT2D eigenvalue weighted by atomic mass is 9.97. The molecule has 19 heavy (non-hydrogen) atoms. The van der Waals surface area contributed by atoms with E-state index in [-0.39, 0.29) is 11.9 Å². The maximum Gasteiger partial charge on any atom is 0.123 e. The zero-order chi connectivity index (χ0) is 13.4. The largest absolute Gasteiger partial charge is 0.488 e. The van der Waals surface area contributed by atoms with Crippen LogP contribution < -0.4 is 10.1 Å². The monoisotopic (exact) mass is 263 g/mol. The van der Waals surface area contributed by atoms with Crippen LogP contribution in [0.2, 0.25) is 0 Å². The molecule has 3 rings (SSSR count). The van der Waals surface area contributed by atoms with E-state index in [0.717, 1.165) is 36.1 Å². The van der Waals surface area contributed by atoms with Gasteiger partial charge >= 0.3 is 0 Å². The van der Waals surface area contributed by atoms with E-state index in [1.807, 2.05) is 0 Å². The minimum absolute atomic E-state index is 0.153. The van der Waals surface area contributed by atoms with Crippen LogP contribution in [-0.4, -0.2) is 18.7 Å². The number of halogens is 1. The smallest absolute Gasteiger partial charge is 0.123 e. The second-order valence-electron chi connectivity index (χ2n) is 6.12. The van der Waals surface area contributed by atoms with E-state index in [4.69, 9.17) is 4.74 Å². The molecule has 2 aliphatic rings. The minimum Gasteiger partial charge on any atom is -0.488 e. The third kappa shape index (κ3) is 2.62. The fourth-order valence-electron chi connectivity index (χ4n) is 3.34. The van der Waals surface area contributed by atoms with Crippen LogP contribution in [0.5, 0.6) is 5.75 Å². The van der Waals surface area contributed by atoms with Crippen molar-refractivity contribution >= 4 is 0 Å². The first kappa shape index (κ1) is 12.9.